The maximum Gasteiger partial charge on any atom is 0.422 e. The molecular formula is C16H20F3N3O3. The van der Waals surface area contributed by atoms with Gasteiger partial charge in [0.2, 0.25) is 17.7 Å². The van der Waals surface area contributed by atoms with Crippen molar-refractivity contribution in [3.8, 4) is 5.88 Å². The monoisotopic (exact) mass is 359 g/mol. The van der Waals surface area contributed by atoms with Crippen LogP contribution in [0, 0.1) is 11.8 Å². The predicted octanol–water partition coefficient (Wildman–Crippen LogP) is 2.47. The van der Waals surface area contributed by atoms with E-state index >= 15 is 0 Å². The topological polar surface area (TPSA) is 71.5 Å². The highest BCUT2D eigenvalue weighted by molar-refractivity contribution is 5.97. The van der Waals surface area contributed by atoms with E-state index in [1.165, 1.54) is 18.3 Å². The van der Waals surface area contributed by atoms with Crippen molar-refractivity contribution in [1.82, 2.24) is 9.88 Å². The van der Waals surface area contributed by atoms with Crippen molar-refractivity contribution in [2.45, 2.75) is 26.4 Å². The molecule has 1 aromatic heterocycles. The molecule has 1 fully saturated rings. The quantitative estimate of drug-likeness (QED) is 0.847. The molecule has 2 rings (SSSR count). The number of anilines is 1. The van der Waals surface area contributed by atoms with E-state index in [9.17, 15) is 22.8 Å². The number of amides is 2. The maximum absolute atomic E-state index is 12.2. The zero-order valence-corrected chi connectivity index (χ0v) is 14.0. The molecule has 25 heavy (non-hydrogen) atoms. The molecule has 6 nitrogen and oxygen atoms in total. The molecule has 138 valence electrons. The summed E-state index contributed by atoms with van der Waals surface area (Å²) in [6.07, 6.45) is -3.07. The van der Waals surface area contributed by atoms with Crippen LogP contribution in [0.2, 0.25) is 0 Å². The summed E-state index contributed by atoms with van der Waals surface area (Å²) in [5, 5.41) is 2.62. The molecule has 1 aliphatic heterocycles. The summed E-state index contributed by atoms with van der Waals surface area (Å²) in [5.74, 6) is -0.686. The number of carbonyl (C=O) groups is 2. The number of rotatable bonds is 6. The SMILES string of the molecule is CC(C)CN1CC(C(=O)Nc2ccc(OCC(F)(F)F)nc2)CC1=O. The molecule has 2 heterocycles. The molecule has 1 aromatic rings. The van der Waals surface area contributed by atoms with Gasteiger partial charge in [0.05, 0.1) is 17.8 Å². The number of nitrogens with one attached hydrogen (secondary N) is 1. The number of likely N-dealkylation sites (tertiary alicyclic amines) is 1. The number of nitrogens with zero attached hydrogens (tertiary/aromatic N) is 2. The minimum Gasteiger partial charge on any atom is -0.468 e. The van der Waals surface area contributed by atoms with E-state index in [4.69, 9.17) is 0 Å². The van der Waals surface area contributed by atoms with Gasteiger partial charge >= 0.3 is 6.18 Å². The number of carbonyl (C=O) groups excluding carboxylic acids is 2. The number of pyridine rings is 1. The van der Waals surface area contributed by atoms with Crippen LogP contribution in [-0.2, 0) is 9.59 Å². The Morgan fingerprint density at radius 2 is 2.16 bits per heavy atom. The Hall–Kier alpha value is -2.32. The molecule has 0 spiro atoms. The first kappa shape index (κ1) is 19.0. The fraction of sp³-hybridized carbons (Fsp3) is 0.562. The summed E-state index contributed by atoms with van der Waals surface area (Å²) in [6.45, 7) is 3.53. The van der Waals surface area contributed by atoms with Crippen molar-refractivity contribution < 1.29 is 27.5 Å². The first-order chi connectivity index (χ1) is 11.6. The van der Waals surface area contributed by atoms with Crippen LogP contribution >= 0.6 is 0 Å². The van der Waals surface area contributed by atoms with Gasteiger partial charge in [-0.3, -0.25) is 9.59 Å². The molecule has 1 atom stereocenters. The maximum atomic E-state index is 12.2. The van der Waals surface area contributed by atoms with Gasteiger partial charge in [0, 0.05) is 25.6 Å². The first-order valence-corrected chi connectivity index (χ1v) is 7.88. The molecule has 0 radical (unpaired) electrons. The standard InChI is InChI=1S/C16H20F3N3O3/c1-10(2)7-22-8-11(5-14(22)23)15(24)21-12-3-4-13(20-6-12)25-9-16(17,18)19/h3-4,6,10-11H,5,7-9H2,1-2H3,(H,21,24). The van der Waals surface area contributed by atoms with Crippen LogP contribution < -0.4 is 10.1 Å². The van der Waals surface area contributed by atoms with E-state index in [1.54, 1.807) is 4.90 Å². The fourth-order valence-corrected chi connectivity index (χ4v) is 2.50. The summed E-state index contributed by atoms with van der Waals surface area (Å²) in [6, 6.07) is 2.64. The largest absolute Gasteiger partial charge is 0.468 e. The summed E-state index contributed by atoms with van der Waals surface area (Å²) in [4.78, 5) is 29.5. The lowest BCUT2D eigenvalue weighted by Gasteiger charge is -2.18. The number of hydrogen-bond acceptors (Lipinski definition) is 4. The third kappa shape index (κ3) is 5.91. The molecule has 1 unspecified atom stereocenters. The van der Waals surface area contributed by atoms with E-state index < -0.39 is 18.7 Å². The summed E-state index contributed by atoms with van der Waals surface area (Å²) >= 11 is 0. The zero-order chi connectivity index (χ0) is 18.6. The first-order valence-electron chi connectivity index (χ1n) is 7.88. The Morgan fingerprint density at radius 3 is 2.72 bits per heavy atom. The Labute approximate surface area is 143 Å². The van der Waals surface area contributed by atoms with Gasteiger partial charge < -0.3 is 15.0 Å². The van der Waals surface area contributed by atoms with Crippen molar-refractivity contribution >= 4 is 17.5 Å². The highest BCUT2D eigenvalue weighted by Crippen LogP contribution is 2.22. The van der Waals surface area contributed by atoms with Crippen LogP contribution in [0.25, 0.3) is 0 Å². The molecule has 9 heteroatoms. The summed E-state index contributed by atoms with van der Waals surface area (Å²) in [5.41, 5.74) is 0.333. The normalized spacial score (nSPS) is 17.9. The minimum atomic E-state index is -4.44. The molecular weight excluding hydrogens is 339 g/mol. The lowest BCUT2D eigenvalue weighted by atomic mass is 10.1. The summed E-state index contributed by atoms with van der Waals surface area (Å²) in [7, 11) is 0. The van der Waals surface area contributed by atoms with Gasteiger partial charge in [-0.2, -0.15) is 13.2 Å². The van der Waals surface area contributed by atoms with Crippen molar-refractivity contribution in [2.75, 3.05) is 25.0 Å². The van der Waals surface area contributed by atoms with Crippen molar-refractivity contribution in [3.63, 3.8) is 0 Å². The number of aromatic nitrogens is 1. The van der Waals surface area contributed by atoms with Crippen LogP contribution in [0.4, 0.5) is 18.9 Å². The van der Waals surface area contributed by atoms with E-state index in [1.807, 2.05) is 13.8 Å². The van der Waals surface area contributed by atoms with Crippen molar-refractivity contribution in [3.05, 3.63) is 18.3 Å². The second-order valence-corrected chi connectivity index (χ2v) is 6.37. The lowest BCUT2D eigenvalue weighted by molar-refractivity contribution is -0.154. The number of alkyl halides is 3. The van der Waals surface area contributed by atoms with Gasteiger partial charge in [0.15, 0.2) is 6.61 Å². The molecule has 2 amide bonds. The van der Waals surface area contributed by atoms with Crippen molar-refractivity contribution in [1.29, 1.82) is 0 Å². The Balaban J connectivity index is 1.87. The number of ether oxygens (including phenoxy) is 1. The van der Waals surface area contributed by atoms with Gasteiger partial charge in [0.1, 0.15) is 0 Å². The molecule has 1 saturated heterocycles. The molecule has 0 bridgehead atoms. The minimum absolute atomic E-state index is 0.0529. The van der Waals surface area contributed by atoms with Gasteiger partial charge in [-0.15, -0.1) is 0 Å². The second-order valence-electron chi connectivity index (χ2n) is 6.37. The van der Waals surface area contributed by atoms with Gasteiger partial charge in [0.25, 0.3) is 0 Å². The average Bonchev–Trinajstić information content (AvgIpc) is 2.86. The van der Waals surface area contributed by atoms with Crippen LogP contribution in [0.3, 0.4) is 0 Å². The van der Waals surface area contributed by atoms with Gasteiger partial charge in [-0.25, -0.2) is 4.98 Å². The lowest BCUT2D eigenvalue weighted by Crippen LogP contribution is -2.31. The third-order valence-electron chi connectivity index (χ3n) is 3.56. The molecule has 1 aliphatic rings. The van der Waals surface area contributed by atoms with E-state index in [2.05, 4.69) is 15.0 Å². The smallest absolute Gasteiger partial charge is 0.422 e. The van der Waals surface area contributed by atoms with E-state index in [0.717, 1.165) is 0 Å². The van der Waals surface area contributed by atoms with E-state index in [-0.39, 0.29) is 24.1 Å². The molecule has 0 aliphatic carbocycles. The second kappa shape index (κ2) is 7.71. The Morgan fingerprint density at radius 1 is 1.44 bits per heavy atom. The van der Waals surface area contributed by atoms with Gasteiger partial charge in [-0.1, -0.05) is 13.8 Å². The highest BCUT2D eigenvalue weighted by Gasteiger charge is 2.34. The fourth-order valence-electron chi connectivity index (χ4n) is 2.50. The molecule has 1 N–H and O–H groups in total. The van der Waals surface area contributed by atoms with Crippen molar-refractivity contribution in [2.24, 2.45) is 11.8 Å². The number of hydrogen-bond donors (Lipinski definition) is 1. The Kier molecular flexibility index (Phi) is 5.86. The van der Waals surface area contributed by atoms with Crippen LogP contribution in [0.5, 0.6) is 5.88 Å². The Bertz CT molecular complexity index is 617. The summed E-state index contributed by atoms with van der Waals surface area (Å²) < 4.78 is 40.7. The van der Waals surface area contributed by atoms with Crippen LogP contribution in [0.15, 0.2) is 18.3 Å². The highest BCUT2D eigenvalue weighted by atomic mass is 19.4. The molecule has 0 saturated carbocycles. The molecule has 0 aromatic carbocycles. The third-order valence-corrected chi connectivity index (χ3v) is 3.56. The van der Waals surface area contributed by atoms with Crippen LogP contribution in [-0.4, -0.2) is 47.6 Å². The van der Waals surface area contributed by atoms with Crippen LogP contribution in [0.1, 0.15) is 20.3 Å². The van der Waals surface area contributed by atoms with E-state index in [0.29, 0.717) is 24.7 Å². The zero-order valence-electron chi connectivity index (χ0n) is 14.0. The van der Waals surface area contributed by atoms with Gasteiger partial charge in [-0.05, 0) is 12.0 Å². The number of halogens is 3. The average molecular weight is 359 g/mol. The predicted molar refractivity (Wildman–Crippen MR) is 83.9 cm³/mol.